The molecule has 0 unspecified atom stereocenters. The third-order valence-electron chi connectivity index (χ3n) is 2.62. The number of methoxy groups -OCH3 is 1. The normalized spacial score (nSPS) is 13.6. The molecule has 0 saturated carbocycles. The maximum Gasteiger partial charge on any atom is 0.210 e. The molecule has 1 aromatic carbocycles. The number of rotatable bonds is 4. The van der Waals surface area contributed by atoms with Crippen LogP contribution in [0.25, 0.3) is 0 Å². The van der Waals surface area contributed by atoms with Crippen LogP contribution in [0.15, 0.2) is 6.07 Å². The highest BCUT2D eigenvalue weighted by Crippen LogP contribution is 2.40. The van der Waals surface area contributed by atoms with Crippen LogP contribution in [-0.4, -0.2) is 32.0 Å². The van der Waals surface area contributed by atoms with Gasteiger partial charge in [-0.1, -0.05) is 0 Å². The molecule has 17 heavy (non-hydrogen) atoms. The van der Waals surface area contributed by atoms with Gasteiger partial charge in [-0.05, 0) is 18.9 Å². The summed E-state index contributed by atoms with van der Waals surface area (Å²) < 4.78 is 29.7. The summed E-state index contributed by atoms with van der Waals surface area (Å²) in [6.07, 6.45) is 1.09. The molecule has 1 aromatic rings. The third-order valence-corrected chi connectivity index (χ3v) is 2.62. The Labute approximate surface area is 98.9 Å². The number of hydrogen-bond donors (Lipinski definition) is 1. The molecule has 0 spiro atoms. The van der Waals surface area contributed by atoms with E-state index in [9.17, 15) is 4.39 Å². The van der Waals surface area contributed by atoms with E-state index in [1.165, 1.54) is 7.11 Å². The van der Waals surface area contributed by atoms with Crippen molar-refractivity contribution in [1.82, 2.24) is 0 Å². The molecule has 5 heteroatoms. The molecule has 4 nitrogen and oxygen atoms in total. The lowest BCUT2D eigenvalue weighted by Gasteiger charge is -2.21. The Hall–Kier alpha value is -1.49. The first-order valence-corrected chi connectivity index (χ1v) is 5.53. The smallest absolute Gasteiger partial charge is 0.210 e. The molecule has 1 heterocycles. The van der Waals surface area contributed by atoms with E-state index >= 15 is 0 Å². The van der Waals surface area contributed by atoms with Gasteiger partial charge in [0, 0.05) is 12.2 Å². The van der Waals surface area contributed by atoms with Gasteiger partial charge < -0.3 is 19.3 Å². The van der Waals surface area contributed by atoms with Crippen LogP contribution in [0.2, 0.25) is 0 Å². The molecule has 0 aliphatic carbocycles. The van der Waals surface area contributed by atoms with Gasteiger partial charge >= 0.3 is 0 Å². The second-order valence-corrected chi connectivity index (χ2v) is 3.73. The number of ether oxygens (including phenoxy) is 3. The monoisotopic (exact) mass is 242 g/mol. The maximum atomic E-state index is 14.0. The Balaban J connectivity index is 2.40. The Morgan fingerprint density at radius 3 is 2.88 bits per heavy atom. The summed E-state index contributed by atoms with van der Waals surface area (Å²) in [4.78, 5) is 0. The summed E-state index contributed by atoms with van der Waals surface area (Å²) in [6, 6.07) is 1.71. The van der Waals surface area contributed by atoms with Crippen molar-refractivity contribution in [3.8, 4) is 17.2 Å². The average molecular weight is 242 g/mol. The zero-order valence-corrected chi connectivity index (χ0v) is 9.66. The first kappa shape index (κ1) is 12.0. The van der Waals surface area contributed by atoms with Crippen LogP contribution < -0.4 is 14.2 Å². The molecule has 2 rings (SSSR count). The van der Waals surface area contributed by atoms with Gasteiger partial charge in [-0.3, -0.25) is 0 Å². The fourth-order valence-corrected chi connectivity index (χ4v) is 1.85. The van der Waals surface area contributed by atoms with Crippen LogP contribution in [0.3, 0.4) is 0 Å². The first-order valence-electron chi connectivity index (χ1n) is 5.53. The number of benzene rings is 1. The molecule has 1 aliphatic rings. The first-order chi connectivity index (χ1) is 8.27. The molecule has 0 saturated heterocycles. The van der Waals surface area contributed by atoms with Crippen LogP contribution in [0.5, 0.6) is 17.2 Å². The molecule has 0 fully saturated rings. The minimum absolute atomic E-state index is 0.0548. The Morgan fingerprint density at radius 2 is 2.18 bits per heavy atom. The molecular weight excluding hydrogens is 227 g/mol. The summed E-state index contributed by atoms with van der Waals surface area (Å²) in [6.45, 7) is 0.806. The molecule has 0 amide bonds. The maximum absolute atomic E-state index is 14.0. The van der Waals surface area contributed by atoms with Crippen molar-refractivity contribution in [2.24, 2.45) is 0 Å². The summed E-state index contributed by atoms with van der Waals surface area (Å²) in [7, 11) is 1.41. The minimum atomic E-state index is -0.530. The second kappa shape index (κ2) is 5.23. The Bertz CT molecular complexity index is 406. The molecule has 0 bridgehead atoms. The topological polar surface area (TPSA) is 47.9 Å². The van der Waals surface area contributed by atoms with Gasteiger partial charge in [-0.15, -0.1) is 0 Å². The van der Waals surface area contributed by atoms with Gasteiger partial charge in [0.2, 0.25) is 11.6 Å². The van der Waals surface area contributed by atoms with Crippen LogP contribution in [0, 0.1) is 5.82 Å². The summed E-state index contributed by atoms with van der Waals surface area (Å²) >= 11 is 0. The number of aliphatic hydroxyl groups excluding tert-OH is 1. The highest BCUT2D eigenvalue weighted by atomic mass is 19.1. The van der Waals surface area contributed by atoms with Crippen molar-refractivity contribution in [2.45, 2.75) is 12.8 Å². The highest BCUT2D eigenvalue weighted by molar-refractivity contribution is 5.52. The van der Waals surface area contributed by atoms with Crippen molar-refractivity contribution >= 4 is 0 Å². The SMILES string of the molecule is COc1c(CCCO)cc2c(c1F)OCCO2. The summed E-state index contributed by atoms with van der Waals surface area (Å²) in [5.41, 5.74) is 0.684. The minimum Gasteiger partial charge on any atom is -0.493 e. The van der Waals surface area contributed by atoms with Crippen LogP contribution in [-0.2, 0) is 6.42 Å². The van der Waals surface area contributed by atoms with Gasteiger partial charge in [0.05, 0.1) is 7.11 Å². The lowest BCUT2D eigenvalue weighted by atomic mass is 10.1. The highest BCUT2D eigenvalue weighted by Gasteiger charge is 2.23. The van der Waals surface area contributed by atoms with Crippen molar-refractivity contribution in [1.29, 1.82) is 0 Å². The van der Waals surface area contributed by atoms with E-state index in [1.807, 2.05) is 0 Å². The zero-order chi connectivity index (χ0) is 12.3. The molecular formula is C12H15FO4. The average Bonchev–Trinajstić information content (AvgIpc) is 2.36. The van der Waals surface area contributed by atoms with E-state index in [4.69, 9.17) is 19.3 Å². The van der Waals surface area contributed by atoms with Gasteiger partial charge in [-0.25, -0.2) is 0 Å². The molecule has 1 aliphatic heterocycles. The number of hydrogen-bond acceptors (Lipinski definition) is 4. The van der Waals surface area contributed by atoms with Crippen LogP contribution in [0.1, 0.15) is 12.0 Å². The standard InChI is InChI=1S/C12H15FO4/c1-15-11-8(3-2-4-14)7-9-12(10(11)13)17-6-5-16-9/h7,14H,2-6H2,1H3. The van der Waals surface area contributed by atoms with Crippen molar-refractivity contribution < 1.29 is 23.7 Å². The third kappa shape index (κ3) is 2.29. The van der Waals surface area contributed by atoms with Crippen molar-refractivity contribution in [2.75, 3.05) is 26.9 Å². The fraction of sp³-hybridized carbons (Fsp3) is 0.500. The number of aliphatic hydroxyl groups is 1. The van der Waals surface area contributed by atoms with E-state index < -0.39 is 5.82 Å². The van der Waals surface area contributed by atoms with E-state index in [1.54, 1.807) is 6.07 Å². The van der Waals surface area contributed by atoms with Crippen LogP contribution in [0.4, 0.5) is 4.39 Å². The molecule has 0 radical (unpaired) electrons. The quantitative estimate of drug-likeness (QED) is 0.869. The van der Waals surface area contributed by atoms with Crippen LogP contribution >= 0.6 is 0 Å². The van der Waals surface area contributed by atoms with Gasteiger partial charge in [0.15, 0.2) is 11.5 Å². The van der Waals surface area contributed by atoms with E-state index in [-0.39, 0.29) is 18.1 Å². The molecule has 94 valence electrons. The lowest BCUT2D eigenvalue weighted by Crippen LogP contribution is -2.17. The second-order valence-electron chi connectivity index (χ2n) is 3.73. The Morgan fingerprint density at radius 1 is 1.41 bits per heavy atom. The predicted octanol–water partition coefficient (Wildman–Crippen LogP) is 1.53. The van der Waals surface area contributed by atoms with E-state index in [0.717, 1.165) is 0 Å². The Kier molecular flexibility index (Phi) is 3.68. The van der Waals surface area contributed by atoms with Gasteiger partial charge in [-0.2, -0.15) is 4.39 Å². The fourth-order valence-electron chi connectivity index (χ4n) is 1.85. The number of halogens is 1. The summed E-state index contributed by atoms with van der Waals surface area (Å²) in [5.74, 6) is 0.156. The van der Waals surface area contributed by atoms with Gasteiger partial charge in [0.1, 0.15) is 13.2 Å². The van der Waals surface area contributed by atoms with Gasteiger partial charge in [0.25, 0.3) is 0 Å². The van der Waals surface area contributed by atoms with E-state index in [0.29, 0.717) is 37.4 Å². The number of aryl methyl sites for hydroxylation is 1. The molecule has 0 atom stereocenters. The lowest BCUT2D eigenvalue weighted by molar-refractivity contribution is 0.162. The molecule has 0 aromatic heterocycles. The van der Waals surface area contributed by atoms with E-state index in [2.05, 4.69) is 0 Å². The van der Waals surface area contributed by atoms with Crippen molar-refractivity contribution in [3.63, 3.8) is 0 Å². The van der Waals surface area contributed by atoms with Crippen molar-refractivity contribution in [3.05, 3.63) is 17.4 Å². The summed E-state index contributed by atoms with van der Waals surface area (Å²) in [5, 5.41) is 8.81. The zero-order valence-electron chi connectivity index (χ0n) is 9.66. The number of fused-ring (bicyclic) bond motifs is 1. The largest absolute Gasteiger partial charge is 0.493 e. The predicted molar refractivity (Wildman–Crippen MR) is 59.3 cm³/mol. The molecule has 1 N–H and O–H groups in total.